The number of rotatable bonds is 6. The van der Waals surface area contributed by atoms with Gasteiger partial charge in [0.2, 0.25) is 11.9 Å². The smallest absolute Gasteiger partial charge is 0.239 e. The van der Waals surface area contributed by atoms with Crippen LogP contribution in [0.5, 0.6) is 5.75 Å². The Morgan fingerprint density at radius 3 is 2.80 bits per heavy atom. The van der Waals surface area contributed by atoms with E-state index in [1.807, 2.05) is 17.0 Å². The second kappa shape index (κ2) is 8.00. The van der Waals surface area contributed by atoms with E-state index in [0.29, 0.717) is 18.7 Å². The summed E-state index contributed by atoms with van der Waals surface area (Å²) in [5.74, 6) is 1.33. The Morgan fingerprint density at radius 2 is 2.08 bits per heavy atom. The molecule has 1 aliphatic heterocycles. The normalized spacial score (nSPS) is 17.6. The number of nitrogens with zero attached hydrogens (tertiary/aromatic N) is 3. The Labute approximate surface area is 147 Å². The summed E-state index contributed by atoms with van der Waals surface area (Å²) in [4.78, 5) is 18.7. The number of hydrogen-bond acceptors (Lipinski definition) is 5. The SMILES string of the molecule is Nc1n[nH]c(CCC(=O)N2CCCCC2CCc2ccc(O)cc2)n1. The molecule has 1 saturated heterocycles. The topological polar surface area (TPSA) is 108 Å². The number of phenols is 1. The predicted molar refractivity (Wildman–Crippen MR) is 94.9 cm³/mol. The van der Waals surface area contributed by atoms with E-state index in [1.165, 1.54) is 12.0 Å². The Balaban J connectivity index is 1.54. The number of anilines is 1. The van der Waals surface area contributed by atoms with E-state index in [2.05, 4.69) is 15.2 Å². The van der Waals surface area contributed by atoms with Gasteiger partial charge in [-0.05, 0) is 49.8 Å². The van der Waals surface area contributed by atoms with Crippen LogP contribution in [0.15, 0.2) is 24.3 Å². The van der Waals surface area contributed by atoms with Gasteiger partial charge in [-0.3, -0.25) is 9.89 Å². The fourth-order valence-electron chi connectivity index (χ4n) is 3.42. The zero-order valence-electron chi connectivity index (χ0n) is 14.3. The van der Waals surface area contributed by atoms with Crippen LogP contribution in [0.1, 0.15) is 43.5 Å². The van der Waals surface area contributed by atoms with Crippen molar-refractivity contribution in [2.45, 2.75) is 51.0 Å². The first kappa shape index (κ1) is 17.3. The number of nitrogen functional groups attached to an aromatic ring is 1. The lowest BCUT2D eigenvalue weighted by Crippen LogP contribution is -2.44. The van der Waals surface area contributed by atoms with Gasteiger partial charge in [-0.2, -0.15) is 4.98 Å². The second-order valence-corrected chi connectivity index (χ2v) is 6.58. The van der Waals surface area contributed by atoms with Gasteiger partial charge < -0.3 is 15.7 Å². The van der Waals surface area contributed by atoms with E-state index in [0.717, 1.165) is 32.2 Å². The number of amides is 1. The number of nitrogens with two attached hydrogens (primary N) is 1. The summed E-state index contributed by atoms with van der Waals surface area (Å²) in [5, 5.41) is 15.9. The largest absolute Gasteiger partial charge is 0.508 e. The zero-order chi connectivity index (χ0) is 17.6. The monoisotopic (exact) mass is 343 g/mol. The van der Waals surface area contributed by atoms with Crippen molar-refractivity contribution in [3.8, 4) is 5.75 Å². The first-order chi connectivity index (χ1) is 12.1. The molecule has 1 amide bonds. The van der Waals surface area contributed by atoms with Crippen LogP contribution >= 0.6 is 0 Å². The van der Waals surface area contributed by atoms with Gasteiger partial charge in [0, 0.05) is 25.4 Å². The molecule has 2 heterocycles. The minimum absolute atomic E-state index is 0.172. The molecule has 0 radical (unpaired) electrons. The molecule has 1 aromatic heterocycles. The number of phenolic OH excluding ortho intramolecular Hbond substituents is 1. The summed E-state index contributed by atoms with van der Waals surface area (Å²) in [6.45, 7) is 0.831. The third kappa shape index (κ3) is 4.71. The van der Waals surface area contributed by atoms with Crippen LogP contribution in [0, 0.1) is 0 Å². The number of aryl methyl sites for hydroxylation is 2. The van der Waals surface area contributed by atoms with Crippen LogP contribution in [0.25, 0.3) is 0 Å². The number of carbonyl (C=O) groups excluding carboxylic acids is 1. The van der Waals surface area contributed by atoms with Crippen molar-refractivity contribution in [3.05, 3.63) is 35.7 Å². The van der Waals surface area contributed by atoms with Crippen molar-refractivity contribution >= 4 is 11.9 Å². The molecule has 1 aromatic carbocycles. The molecule has 1 fully saturated rings. The highest BCUT2D eigenvalue weighted by Crippen LogP contribution is 2.23. The van der Waals surface area contributed by atoms with Crippen molar-refractivity contribution in [3.63, 3.8) is 0 Å². The van der Waals surface area contributed by atoms with E-state index in [4.69, 9.17) is 5.73 Å². The Hall–Kier alpha value is -2.57. The van der Waals surface area contributed by atoms with Crippen LogP contribution in [-0.4, -0.2) is 43.7 Å². The lowest BCUT2D eigenvalue weighted by atomic mass is 9.95. The van der Waals surface area contributed by atoms with Gasteiger partial charge in [0.15, 0.2) is 0 Å². The van der Waals surface area contributed by atoms with Crippen molar-refractivity contribution in [1.29, 1.82) is 0 Å². The number of aromatic hydroxyl groups is 1. The van der Waals surface area contributed by atoms with Crippen molar-refractivity contribution in [2.24, 2.45) is 0 Å². The minimum Gasteiger partial charge on any atom is -0.508 e. The number of nitrogens with one attached hydrogen (secondary N) is 1. The maximum absolute atomic E-state index is 12.6. The van der Waals surface area contributed by atoms with E-state index >= 15 is 0 Å². The van der Waals surface area contributed by atoms with E-state index < -0.39 is 0 Å². The summed E-state index contributed by atoms with van der Waals surface area (Å²) in [5.41, 5.74) is 6.68. The number of carbonyl (C=O) groups is 1. The van der Waals surface area contributed by atoms with Gasteiger partial charge in [-0.15, -0.1) is 5.10 Å². The van der Waals surface area contributed by atoms with Gasteiger partial charge in [0.05, 0.1) is 0 Å². The number of hydrogen-bond donors (Lipinski definition) is 3. The Morgan fingerprint density at radius 1 is 1.28 bits per heavy atom. The van der Waals surface area contributed by atoms with Gasteiger partial charge in [-0.25, -0.2) is 0 Å². The maximum atomic E-state index is 12.6. The van der Waals surface area contributed by atoms with Crippen LogP contribution < -0.4 is 5.73 Å². The van der Waals surface area contributed by atoms with Gasteiger partial charge in [0.25, 0.3) is 0 Å². The fourth-order valence-corrected chi connectivity index (χ4v) is 3.42. The zero-order valence-corrected chi connectivity index (χ0v) is 14.3. The molecule has 1 unspecified atom stereocenters. The average Bonchev–Trinajstić information content (AvgIpc) is 3.05. The molecule has 3 rings (SSSR count). The molecule has 4 N–H and O–H groups in total. The van der Waals surface area contributed by atoms with Crippen molar-refractivity contribution in [2.75, 3.05) is 12.3 Å². The molecule has 0 spiro atoms. The summed E-state index contributed by atoms with van der Waals surface area (Å²) in [6, 6.07) is 7.59. The summed E-state index contributed by atoms with van der Waals surface area (Å²) in [7, 11) is 0. The number of piperidine rings is 1. The van der Waals surface area contributed by atoms with Gasteiger partial charge in [-0.1, -0.05) is 12.1 Å². The lowest BCUT2D eigenvalue weighted by molar-refractivity contribution is -0.135. The summed E-state index contributed by atoms with van der Waals surface area (Å²) in [6.07, 6.45) is 6.10. The highest BCUT2D eigenvalue weighted by Gasteiger charge is 2.26. The van der Waals surface area contributed by atoms with Crippen molar-refractivity contribution in [1.82, 2.24) is 20.1 Å². The van der Waals surface area contributed by atoms with Crippen LogP contribution in [0.2, 0.25) is 0 Å². The molecule has 1 aliphatic rings. The molecule has 7 nitrogen and oxygen atoms in total. The van der Waals surface area contributed by atoms with Gasteiger partial charge >= 0.3 is 0 Å². The summed E-state index contributed by atoms with van der Waals surface area (Å²) >= 11 is 0. The number of benzene rings is 1. The van der Waals surface area contributed by atoms with Crippen molar-refractivity contribution < 1.29 is 9.90 Å². The number of aromatic nitrogens is 3. The lowest BCUT2D eigenvalue weighted by Gasteiger charge is -2.36. The highest BCUT2D eigenvalue weighted by atomic mass is 16.3. The number of likely N-dealkylation sites (tertiary alicyclic amines) is 1. The molecule has 2 aromatic rings. The third-order valence-electron chi connectivity index (χ3n) is 4.77. The van der Waals surface area contributed by atoms with Crippen LogP contribution in [0.4, 0.5) is 5.95 Å². The van der Waals surface area contributed by atoms with E-state index in [-0.39, 0.29) is 23.6 Å². The standard InChI is InChI=1S/C18H25N5O2/c19-18-20-16(21-22-18)10-11-17(25)23-12-2-1-3-14(23)7-4-13-5-8-15(24)9-6-13/h5-6,8-9,14,24H,1-4,7,10-12H2,(H3,19,20,21,22). The van der Waals surface area contributed by atoms with Crippen LogP contribution in [-0.2, 0) is 17.6 Å². The molecule has 1 atom stereocenters. The molecular weight excluding hydrogens is 318 g/mol. The van der Waals surface area contributed by atoms with Crippen LogP contribution in [0.3, 0.4) is 0 Å². The van der Waals surface area contributed by atoms with Gasteiger partial charge in [0.1, 0.15) is 11.6 Å². The second-order valence-electron chi connectivity index (χ2n) is 6.58. The molecule has 134 valence electrons. The first-order valence-corrected chi connectivity index (χ1v) is 8.86. The van der Waals surface area contributed by atoms with E-state index in [1.54, 1.807) is 12.1 Å². The molecule has 0 bridgehead atoms. The summed E-state index contributed by atoms with van der Waals surface area (Å²) < 4.78 is 0. The predicted octanol–water partition coefficient (Wildman–Crippen LogP) is 2.04. The maximum Gasteiger partial charge on any atom is 0.239 e. The Bertz CT molecular complexity index is 698. The van der Waals surface area contributed by atoms with E-state index in [9.17, 15) is 9.90 Å². The molecule has 0 saturated carbocycles. The number of H-pyrrole nitrogens is 1. The average molecular weight is 343 g/mol. The quantitative estimate of drug-likeness (QED) is 0.744. The fraction of sp³-hybridized carbons (Fsp3) is 0.500. The Kier molecular flexibility index (Phi) is 5.53. The third-order valence-corrected chi connectivity index (χ3v) is 4.77. The highest BCUT2D eigenvalue weighted by molar-refractivity contribution is 5.76. The minimum atomic E-state index is 0.172. The molecule has 0 aliphatic carbocycles. The molecule has 7 heteroatoms. The number of aromatic amines is 1. The molecular formula is C18H25N5O2. The first-order valence-electron chi connectivity index (χ1n) is 8.86. The molecule has 25 heavy (non-hydrogen) atoms.